The molecule has 1 amide bonds. The number of nitrogens with zero attached hydrogens (tertiary/aromatic N) is 6. The monoisotopic (exact) mass is 487 g/mol. The topological polar surface area (TPSA) is 108 Å². The molecule has 4 aromatic rings. The number of nitrogens with one attached hydrogen (secondary N) is 1. The van der Waals surface area contributed by atoms with Crippen molar-refractivity contribution in [3.05, 3.63) is 84.2 Å². The average Bonchev–Trinajstić information content (AvgIpc) is 3.26. The van der Waals surface area contributed by atoms with Crippen molar-refractivity contribution in [2.75, 3.05) is 0 Å². The van der Waals surface area contributed by atoms with E-state index in [-0.39, 0.29) is 23.7 Å². The van der Waals surface area contributed by atoms with Crippen LogP contribution in [-0.4, -0.2) is 42.2 Å². The van der Waals surface area contributed by atoms with Gasteiger partial charge >= 0.3 is 6.36 Å². The third-order valence-corrected chi connectivity index (χ3v) is 5.24. The lowest BCUT2D eigenvalue weighted by Crippen LogP contribution is -2.24. The van der Waals surface area contributed by atoms with E-state index in [0.29, 0.717) is 16.5 Å². The number of thioether (sulfide) groups is 1. The molecule has 0 fully saturated rings. The van der Waals surface area contributed by atoms with Crippen molar-refractivity contribution >= 4 is 17.7 Å². The van der Waals surface area contributed by atoms with Gasteiger partial charge in [0.15, 0.2) is 10.9 Å². The van der Waals surface area contributed by atoms with Crippen LogP contribution in [0.25, 0.3) is 5.69 Å². The van der Waals surface area contributed by atoms with Gasteiger partial charge in [0.05, 0.1) is 11.4 Å². The Labute approximate surface area is 195 Å². The molecule has 0 unspecified atom stereocenters. The molecule has 174 valence electrons. The predicted octanol–water partition coefficient (Wildman–Crippen LogP) is 3.57. The van der Waals surface area contributed by atoms with E-state index in [0.717, 1.165) is 17.7 Å². The zero-order valence-corrected chi connectivity index (χ0v) is 18.1. The first-order chi connectivity index (χ1) is 16.4. The maximum Gasteiger partial charge on any atom is 0.573 e. The van der Waals surface area contributed by atoms with Crippen molar-refractivity contribution in [3.8, 4) is 11.4 Å². The molecule has 0 spiro atoms. The molecule has 0 radical (unpaired) electrons. The Morgan fingerprint density at radius 3 is 2.50 bits per heavy atom. The normalized spacial score (nSPS) is 11.3. The molecule has 0 aliphatic carbocycles. The van der Waals surface area contributed by atoms with Crippen molar-refractivity contribution in [3.63, 3.8) is 0 Å². The zero-order valence-electron chi connectivity index (χ0n) is 17.3. The van der Waals surface area contributed by atoms with Gasteiger partial charge in [0.2, 0.25) is 0 Å². The van der Waals surface area contributed by atoms with Crippen LogP contribution in [0.4, 0.5) is 13.2 Å². The Hall–Kier alpha value is -4.00. The molecule has 13 heteroatoms. The molecular formula is C21H16F3N7O2S. The molecule has 0 saturated heterocycles. The summed E-state index contributed by atoms with van der Waals surface area (Å²) in [4.78, 5) is 25.2. The number of pyridine rings is 1. The first-order valence-corrected chi connectivity index (χ1v) is 10.8. The summed E-state index contributed by atoms with van der Waals surface area (Å²) in [6.45, 7) is 0.234. The number of hydrogen-bond donors (Lipinski definition) is 1. The largest absolute Gasteiger partial charge is 0.573 e. The number of hydrogen-bond acceptors (Lipinski definition) is 8. The van der Waals surface area contributed by atoms with E-state index in [1.807, 2.05) is 6.07 Å². The van der Waals surface area contributed by atoms with E-state index in [1.165, 1.54) is 28.6 Å². The van der Waals surface area contributed by atoms with Gasteiger partial charge in [0.1, 0.15) is 5.75 Å². The van der Waals surface area contributed by atoms with Gasteiger partial charge in [-0.1, -0.05) is 23.0 Å². The lowest BCUT2D eigenvalue weighted by Gasteiger charge is -2.11. The summed E-state index contributed by atoms with van der Waals surface area (Å²) in [5, 5.41) is 11.3. The lowest BCUT2D eigenvalue weighted by atomic mass is 10.2. The number of rotatable bonds is 8. The minimum Gasteiger partial charge on any atom is -0.406 e. The number of carbonyl (C=O) groups excluding carboxylic acids is 1. The summed E-state index contributed by atoms with van der Waals surface area (Å²) in [5.41, 5.74) is 1.70. The third kappa shape index (κ3) is 6.07. The molecule has 0 aliphatic rings. The van der Waals surface area contributed by atoms with Gasteiger partial charge in [0.25, 0.3) is 5.91 Å². The summed E-state index contributed by atoms with van der Waals surface area (Å²) >= 11 is 1.26. The highest BCUT2D eigenvalue weighted by molar-refractivity contribution is 7.98. The fourth-order valence-corrected chi connectivity index (χ4v) is 3.66. The number of carbonyl (C=O) groups is 1. The predicted molar refractivity (Wildman–Crippen MR) is 115 cm³/mol. The second kappa shape index (κ2) is 10.3. The van der Waals surface area contributed by atoms with Crippen molar-refractivity contribution in [1.82, 2.24) is 35.3 Å². The van der Waals surface area contributed by atoms with E-state index in [2.05, 4.69) is 35.3 Å². The van der Waals surface area contributed by atoms with E-state index in [4.69, 9.17) is 0 Å². The van der Waals surface area contributed by atoms with Gasteiger partial charge in [-0.15, -0.1) is 18.3 Å². The first-order valence-electron chi connectivity index (χ1n) is 9.77. The highest BCUT2D eigenvalue weighted by Crippen LogP contribution is 2.26. The number of aromatic nitrogens is 6. The minimum absolute atomic E-state index is 0.0722. The summed E-state index contributed by atoms with van der Waals surface area (Å²) in [7, 11) is 0. The summed E-state index contributed by atoms with van der Waals surface area (Å²) in [6, 6.07) is 10.3. The Balaban J connectivity index is 1.59. The maximum atomic E-state index is 12.9. The zero-order chi connectivity index (χ0) is 24.0. The Bertz CT molecular complexity index is 1240. The van der Waals surface area contributed by atoms with Crippen LogP contribution in [-0.2, 0) is 12.3 Å². The SMILES string of the molecule is O=C(NCc1cccnc1)c1nnn(-c2ccc(OC(F)(F)F)cc2)c1CSc1ncccn1. The van der Waals surface area contributed by atoms with Gasteiger partial charge in [-0.05, 0) is 42.0 Å². The summed E-state index contributed by atoms with van der Waals surface area (Å²) < 4.78 is 42.7. The summed E-state index contributed by atoms with van der Waals surface area (Å²) in [5.74, 6) is -0.607. The van der Waals surface area contributed by atoms with Crippen LogP contribution in [0.1, 0.15) is 21.7 Å². The van der Waals surface area contributed by atoms with Crippen LogP contribution < -0.4 is 10.1 Å². The first kappa shape index (κ1) is 23.2. The van der Waals surface area contributed by atoms with Crippen LogP contribution in [0, 0.1) is 0 Å². The maximum absolute atomic E-state index is 12.9. The fraction of sp³-hybridized carbons (Fsp3) is 0.143. The average molecular weight is 487 g/mol. The summed E-state index contributed by atoms with van der Waals surface area (Å²) in [6.07, 6.45) is 1.64. The molecule has 1 N–H and O–H groups in total. The van der Waals surface area contributed by atoms with Gasteiger partial charge in [-0.3, -0.25) is 9.78 Å². The van der Waals surface area contributed by atoms with Crippen molar-refractivity contribution in [2.45, 2.75) is 23.8 Å². The highest BCUT2D eigenvalue weighted by atomic mass is 32.2. The van der Waals surface area contributed by atoms with E-state index < -0.39 is 12.3 Å². The quantitative estimate of drug-likeness (QED) is 0.297. The minimum atomic E-state index is -4.80. The lowest BCUT2D eigenvalue weighted by molar-refractivity contribution is -0.274. The number of benzene rings is 1. The molecular weight excluding hydrogens is 471 g/mol. The van der Waals surface area contributed by atoms with Gasteiger partial charge in [-0.25, -0.2) is 14.6 Å². The Morgan fingerprint density at radius 1 is 1.06 bits per heavy atom. The third-order valence-electron chi connectivity index (χ3n) is 4.35. The van der Waals surface area contributed by atoms with Crippen molar-refractivity contribution in [1.29, 1.82) is 0 Å². The Morgan fingerprint density at radius 2 is 1.82 bits per heavy atom. The molecule has 4 rings (SSSR count). The number of halogens is 3. The number of amides is 1. The molecule has 0 atom stereocenters. The standard InChI is InChI=1S/C21H16F3N7O2S/c22-21(23,24)33-16-6-4-15(5-7-16)31-17(13-34-20-26-9-2-10-27-20)18(29-30-31)19(32)28-12-14-3-1-8-25-11-14/h1-11H,12-13H2,(H,28,32). The second-order valence-electron chi connectivity index (χ2n) is 6.70. The molecule has 0 bridgehead atoms. The number of alkyl halides is 3. The second-order valence-corrected chi connectivity index (χ2v) is 7.64. The molecule has 0 saturated carbocycles. The molecule has 1 aromatic carbocycles. The smallest absolute Gasteiger partial charge is 0.406 e. The van der Waals surface area contributed by atoms with Crippen LogP contribution in [0.2, 0.25) is 0 Å². The van der Waals surface area contributed by atoms with Crippen molar-refractivity contribution in [2.24, 2.45) is 0 Å². The van der Waals surface area contributed by atoms with E-state index in [9.17, 15) is 18.0 Å². The van der Waals surface area contributed by atoms with E-state index in [1.54, 1.807) is 36.9 Å². The molecule has 3 aromatic heterocycles. The van der Waals surface area contributed by atoms with E-state index >= 15 is 0 Å². The van der Waals surface area contributed by atoms with Crippen LogP contribution in [0.15, 0.2) is 72.4 Å². The van der Waals surface area contributed by atoms with Crippen LogP contribution in [0.3, 0.4) is 0 Å². The molecule has 9 nitrogen and oxygen atoms in total. The highest BCUT2D eigenvalue weighted by Gasteiger charge is 2.31. The number of ether oxygens (including phenoxy) is 1. The van der Waals surface area contributed by atoms with Crippen molar-refractivity contribution < 1.29 is 22.7 Å². The molecule has 0 aliphatic heterocycles. The molecule has 34 heavy (non-hydrogen) atoms. The Kier molecular flexibility index (Phi) is 7.01. The van der Waals surface area contributed by atoms with Crippen LogP contribution >= 0.6 is 11.8 Å². The molecule has 3 heterocycles. The van der Waals surface area contributed by atoms with Crippen LogP contribution in [0.5, 0.6) is 5.75 Å². The van der Waals surface area contributed by atoms with Gasteiger partial charge in [0, 0.05) is 37.1 Å². The fourth-order valence-electron chi connectivity index (χ4n) is 2.87. The van der Waals surface area contributed by atoms with Gasteiger partial charge < -0.3 is 10.1 Å². The van der Waals surface area contributed by atoms with Gasteiger partial charge in [-0.2, -0.15) is 0 Å².